The molecule has 0 saturated carbocycles. The van der Waals surface area contributed by atoms with Crippen molar-refractivity contribution in [3.05, 3.63) is 99.6 Å². The standard InChI is InChI=1S/C48H71GeO2P/c1-31(2)35-27-37(32(3)4)41(38(28-35)33(5)6)49(47(16,17)18)43(48(50-19,51-49)26-25-34-23-21-20-22-24-34)52-42-39(45(10,11)12)29-36(44(7,8)9)30-40(42)46(13,14)15/h20-33H,1-19H3/b26-25+. The van der Waals surface area contributed by atoms with Gasteiger partial charge in [-0.3, -0.25) is 0 Å². The van der Waals surface area contributed by atoms with Gasteiger partial charge in [0.15, 0.2) is 0 Å². The SMILES string of the molecule is COC1(/C=C/c2ccccc2)[O][Ge]([c]2c(C(C)C)cc(C(C)C)cc2C(C)C)([C](C)(C)C)[C]1=Pc1c(C(C)(C)C)cc(C(C)(C)C)cc1C(C)(C)C. The molecular formula is C48H71GeO2P. The molecule has 0 radical (unpaired) electrons. The number of hydrogen-bond acceptors (Lipinski definition) is 2. The molecule has 2 unspecified atom stereocenters. The molecule has 4 heteroatoms. The Kier molecular flexibility index (Phi) is 12.3. The summed E-state index contributed by atoms with van der Waals surface area (Å²) in [5, 5.41) is 1.43. The second kappa shape index (κ2) is 14.9. The van der Waals surface area contributed by atoms with E-state index in [0.29, 0.717) is 17.8 Å². The summed E-state index contributed by atoms with van der Waals surface area (Å²) >= 11 is -3.78. The Morgan fingerprint density at radius 1 is 0.673 bits per heavy atom. The predicted molar refractivity (Wildman–Crippen MR) is 234 cm³/mol. The Bertz CT molecular complexity index is 1740. The Morgan fingerprint density at radius 2 is 1.15 bits per heavy atom. The van der Waals surface area contributed by atoms with E-state index >= 15 is 0 Å². The van der Waals surface area contributed by atoms with E-state index in [0.717, 1.165) is 5.56 Å². The first kappa shape index (κ1) is 42.8. The molecule has 1 heterocycles. The number of rotatable bonds is 8. The van der Waals surface area contributed by atoms with Crippen molar-refractivity contribution in [3.63, 3.8) is 0 Å². The third-order valence-electron chi connectivity index (χ3n) is 10.9. The summed E-state index contributed by atoms with van der Waals surface area (Å²) in [7, 11) is 3.07. The number of hydrogen-bond donors (Lipinski definition) is 0. The van der Waals surface area contributed by atoms with Gasteiger partial charge >= 0.3 is 326 Å². The molecule has 284 valence electrons. The van der Waals surface area contributed by atoms with Crippen molar-refractivity contribution >= 4 is 41.7 Å². The van der Waals surface area contributed by atoms with Crippen LogP contribution in [0.3, 0.4) is 0 Å². The van der Waals surface area contributed by atoms with Crippen LogP contribution in [-0.2, 0) is 24.7 Å². The first-order valence-electron chi connectivity index (χ1n) is 19.7. The van der Waals surface area contributed by atoms with Crippen LogP contribution >= 0.6 is 8.20 Å². The molecule has 0 aromatic heterocycles. The van der Waals surface area contributed by atoms with Crippen molar-refractivity contribution < 1.29 is 8.50 Å². The summed E-state index contributed by atoms with van der Waals surface area (Å²) in [4.78, 5) is 0. The van der Waals surface area contributed by atoms with Crippen molar-refractivity contribution in [2.75, 3.05) is 7.11 Å². The van der Waals surface area contributed by atoms with Gasteiger partial charge in [-0.1, -0.05) is 0 Å². The number of benzene rings is 3. The van der Waals surface area contributed by atoms with E-state index in [2.05, 4.69) is 191 Å². The Morgan fingerprint density at radius 3 is 1.52 bits per heavy atom. The van der Waals surface area contributed by atoms with Crippen molar-refractivity contribution in [1.82, 2.24) is 0 Å². The molecule has 3 aromatic rings. The molecule has 2 nitrogen and oxygen atoms in total. The summed E-state index contributed by atoms with van der Waals surface area (Å²) in [6.45, 7) is 42.9. The second-order valence-electron chi connectivity index (χ2n) is 20.3. The minimum absolute atomic E-state index is 0.0281. The van der Waals surface area contributed by atoms with Gasteiger partial charge in [-0.15, -0.1) is 0 Å². The molecule has 1 fully saturated rings. The molecule has 0 N–H and O–H groups in total. The molecule has 1 saturated heterocycles. The molecule has 4 rings (SSSR count). The van der Waals surface area contributed by atoms with Gasteiger partial charge in [-0.2, -0.15) is 0 Å². The van der Waals surface area contributed by atoms with Gasteiger partial charge < -0.3 is 0 Å². The third-order valence-corrected chi connectivity index (χ3v) is 25.0. The number of ether oxygens (including phenoxy) is 1. The molecule has 0 spiro atoms. The molecule has 1 aliphatic rings. The summed E-state index contributed by atoms with van der Waals surface area (Å²) in [6, 6.07) is 20.7. The third kappa shape index (κ3) is 8.17. The van der Waals surface area contributed by atoms with E-state index < -0.39 is 19.4 Å². The Balaban J connectivity index is 2.31. The van der Waals surface area contributed by atoms with Crippen LogP contribution in [0.5, 0.6) is 0 Å². The Hall–Kier alpha value is -1.97. The quantitative estimate of drug-likeness (QED) is 0.167. The van der Waals surface area contributed by atoms with Gasteiger partial charge in [-0.25, -0.2) is 0 Å². The number of methoxy groups -OCH3 is 1. The molecule has 0 aliphatic carbocycles. The minimum atomic E-state index is -3.78. The average molecular weight is 784 g/mol. The topological polar surface area (TPSA) is 18.5 Å². The normalized spacial score (nSPS) is 21.2. The van der Waals surface area contributed by atoms with E-state index in [4.69, 9.17) is 8.50 Å². The van der Waals surface area contributed by atoms with Crippen LogP contribution in [0.1, 0.15) is 181 Å². The van der Waals surface area contributed by atoms with Crippen LogP contribution in [0.2, 0.25) is 4.25 Å². The van der Waals surface area contributed by atoms with Gasteiger partial charge in [0.1, 0.15) is 0 Å². The molecule has 3 aromatic carbocycles. The van der Waals surface area contributed by atoms with E-state index in [1.807, 2.05) is 7.11 Å². The van der Waals surface area contributed by atoms with Crippen LogP contribution in [0.25, 0.3) is 6.08 Å². The fourth-order valence-electron chi connectivity index (χ4n) is 7.63. The van der Waals surface area contributed by atoms with Crippen LogP contribution < -0.4 is 9.70 Å². The van der Waals surface area contributed by atoms with Gasteiger partial charge in [0.2, 0.25) is 0 Å². The van der Waals surface area contributed by atoms with Crippen molar-refractivity contribution in [1.29, 1.82) is 0 Å². The summed E-state index contributed by atoms with van der Waals surface area (Å²) in [5.74, 6) is 0.215. The first-order valence-corrected chi connectivity index (χ1v) is 24.6. The summed E-state index contributed by atoms with van der Waals surface area (Å²) in [5.41, 5.74) is 9.65. The van der Waals surface area contributed by atoms with Gasteiger partial charge in [-0.05, 0) is 0 Å². The molecule has 1 aliphatic heterocycles. The van der Waals surface area contributed by atoms with Crippen LogP contribution in [0.15, 0.2) is 60.7 Å². The van der Waals surface area contributed by atoms with Crippen molar-refractivity contribution in [2.24, 2.45) is 0 Å². The van der Waals surface area contributed by atoms with Crippen LogP contribution in [-0.4, -0.2) is 30.6 Å². The summed E-state index contributed by atoms with van der Waals surface area (Å²) < 4.78 is 17.4. The first-order chi connectivity index (χ1) is 23.7. The van der Waals surface area contributed by atoms with Crippen LogP contribution in [0.4, 0.5) is 0 Å². The predicted octanol–water partition coefficient (Wildman–Crippen LogP) is 13.0. The average Bonchev–Trinajstić information content (AvgIpc) is 3.01. The van der Waals surface area contributed by atoms with Gasteiger partial charge in [0, 0.05) is 0 Å². The van der Waals surface area contributed by atoms with E-state index in [-0.39, 0.29) is 20.5 Å². The molecule has 52 heavy (non-hydrogen) atoms. The fraction of sp³-hybridized carbons (Fsp3) is 0.562. The monoisotopic (exact) mass is 784 g/mol. The zero-order valence-electron chi connectivity index (χ0n) is 36.3. The zero-order valence-corrected chi connectivity index (χ0v) is 39.3. The van der Waals surface area contributed by atoms with Crippen molar-refractivity contribution in [2.45, 2.75) is 169 Å². The van der Waals surface area contributed by atoms with Crippen molar-refractivity contribution in [3.8, 4) is 0 Å². The fourth-order valence-corrected chi connectivity index (χ4v) is 24.4. The van der Waals surface area contributed by atoms with Crippen LogP contribution in [0, 0.1) is 0 Å². The summed E-state index contributed by atoms with van der Waals surface area (Å²) in [6.07, 6.45) is 4.43. The zero-order chi connectivity index (χ0) is 39.4. The van der Waals surface area contributed by atoms with Gasteiger partial charge in [0.25, 0.3) is 0 Å². The molecule has 0 bridgehead atoms. The maximum atomic E-state index is 7.87. The molecule has 2 atom stereocenters. The second-order valence-corrected chi connectivity index (χ2v) is 30.9. The van der Waals surface area contributed by atoms with E-state index in [1.165, 1.54) is 55.4 Å². The molecule has 0 amide bonds. The van der Waals surface area contributed by atoms with E-state index in [9.17, 15) is 0 Å². The van der Waals surface area contributed by atoms with Gasteiger partial charge in [0.05, 0.1) is 0 Å². The maximum absolute atomic E-state index is 7.87. The molecular weight excluding hydrogens is 712 g/mol. The Labute approximate surface area is 324 Å². The van der Waals surface area contributed by atoms with E-state index in [1.54, 1.807) is 0 Å².